The quantitative estimate of drug-likeness (QED) is 0.0827. The number of methoxy groups -OCH3 is 1. The molecular formula is C51H64F3N5O5Si. The van der Waals surface area contributed by atoms with Gasteiger partial charge in [0, 0.05) is 62.1 Å². The van der Waals surface area contributed by atoms with E-state index in [1.54, 1.807) is 35.2 Å². The molecule has 3 aliphatic rings. The summed E-state index contributed by atoms with van der Waals surface area (Å²) in [4.78, 5) is 23.8. The number of carbonyl (C=O) groups excluding carboxylic acids is 1. The third-order valence-electron chi connectivity index (χ3n) is 13.9. The van der Waals surface area contributed by atoms with Gasteiger partial charge in [-0.3, -0.25) is 4.90 Å². The summed E-state index contributed by atoms with van der Waals surface area (Å²) in [5.74, 6) is 2.43. The number of piperazine rings is 1. The van der Waals surface area contributed by atoms with Gasteiger partial charge in [0.15, 0.2) is 12.6 Å². The number of benzene rings is 3. The van der Waals surface area contributed by atoms with E-state index in [1.807, 2.05) is 32.6 Å². The van der Waals surface area contributed by atoms with Gasteiger partial charge >= 0.3 is 6.09 Å². The number of pyridine rings is 1. The summed E-state index contributed by atoms with van der Waals surface area (Å²) in [5.41, 5.74) is 4.41. The van der Waals surface area contributed by atoms with Crippen LogP contribution >= 0.6 is 0 Å². The van der Waals surface area contributed by atoms with Crippen LogP contribution in [0.3, 0.4) is 0 Å². The smallest absolute Gasteiger partial charge is 0.410 e. The average Bonchev–Trinajstić information content (AvgIpc) is 3.77. The van der Waals surface area contributed by atoms with Crippen molar-refractivity contribution in [3.05, 3.63) is 59.2 Å². The largest absolute Gasteiger partial charge is 0.475 e. The van der Waals surface area contributed by atoms with E-state index in [9.17, 15) is 14.4 Å². The van der Waals surface area contributed by atoms with Gasteiger partial charge in [-0.25, -0.2) is 22.9 Å². The molecule has 4 aromatic rings. The number of hydrogen-bond acceptors (Lipinski definition) is 9. The summed E-state index contributed by atoms with van der Waals surface area (Å²) in [6.07, 6.45) is 0.460. The van der Waals surface area contributed by atoms with Gasteiger partial charge in [0.1, 0.15) is 55.2 Å². The monoisotopic (exact) mass is 911 g/mol. The lowest BCUT2D eigenvalue weighted by Crippen LogP contribution is -2.54. The van der Waals surface area contributed by atoms with E-state index in [4.69, 9.17) is 23.9 Å². The van der Waals surface area contributed by atoms with Gasteiger partial charge in [-0.15, -0.1) is 5.54 Å². The number of halogens is 3. The van der Waals surface area contributed by atoms with Gasteiger partial charge in [0.25, 0.3) is 0 Å². The summed E-state index contributed by atoms with van der Waals surface area (Å²) in [5, 5.41) is 12.3. The van der Waals surface area contributed by atoms with Gasteiger partial charge in [0.2, 0.25) is 5.88 Å². The van der Waals surface area contributed by atoms with Gasteiger partial charge in [0.05, 0.1) is 16.8 Å². The number of carbonyl (C=O) groups is 1. The van der Waals surface area contributed by atoms with Crippen LogP contribution in [0, 0.1) is 34.4 Å². The Morgan fingerprint density at radius 2 is 1.69 bits per heavy atom. The molecule has 348 valence electrons. The number of nitrogens with zero attached hydrogens (tertiary/aromatic N) is 5. The van der Waals surface area contributed by atoms with Crippen molar-refractivity contribution in [2.24, 2.45) is 0 Å². The molecular weight excluding hydrogens is 848 g/mol. The Balaban J connectivity index is 1.45. The number of ether oxygens (including phenoxy) is 4. The first kappa shape index (κ1) is 47.9. The van der Waals surface area contributed by atoms with Gasteiger partial charge in [-0.1, -0.05) is 59.6 Å². The number of aromatic nitrogens is 1. The summed E-state index contributed by atoms with van der Waals surface area (Å²) in [6.45, 7) is 22.5. The standard InChI is InChI=1S/C51H64F3N5O5Si/c1-31(2)65(32(3)4,33(5)6)22-17-39-43(53)16-13-35-23-37(63-30-61-11)24-41(44(35)39)38-14-15-40-46(45(38)54)56-48(62-29-51-18-12-19-58(51)28-36(52)25-51)42(26-55)47(40)59-21-20-57(27-34(59)7)49(60)64-50(8,9)10/h13-16,23-24,31-34,36H,12,18-21,25,27-30H2,1-11H3/t34?,36-,51+/m1/s1. The Hall–Kier alpha value is -5.02. The van der Waals surface area contributed by atoms with Crippen LogP contribution in [-0.2, 0) is 9.47 Å². The Morgan fingerprint density at radius 3 is 2.34 bits per heavy atom. The number of nitriles is 1. The zero-order chi connectivity index (χ0) is 47.2. The van der Waals surface area contributed by atoms with Crippen molar-refractivity contribution in [3.63, 3.8) is 0 Å². The number of anilines is 1. The summed E-state index contributed by atoms with van der Waals surface area (Å²) < 4.78 is 72.8. The molecule has 0 saturated carbocycles. The number of rotatable bonds is 11. The van der Waals surface area contributed by atoms with Crippen LogP contribution in [0.1, 0.15) is 99.6 Å². The normalized spacial score (nSPS) is 20.4. The Kier molecular flexibility index (Phi) is 13.8. The molecule has 1 aromatic heterocycles. The van der Waals surface area contributed by atoms with Crippen molar-refractivity contribution in [3.8, 4) is 40.3 Å². The second kappa shape index (κ2) is 18.7. The number of alkyl halides is 1. The van der Waals surface area contributed by atoms with Crippen molar-refractivity contribution in [2.75, 3.05) is 58.1 Å². The zero-order valence-electron chi connectivity index (χ0n) is 39.8. The molecule has 3 aliphatic heterocycles. The maximum absolute atomic E-state index is 18.0. The minimum Gasteiger partial charge on any atom is -0.475 e. The highest BCUT2D eigenvalue weighted by atomic mass is 28.3. The van der Waals surface area contributed by atoms with E-state index in [0.29, 0.717) is 69.3 Å². The summed E-state index contributed by atoms with van der Waals surface area (Å²) in [6, 6.07) is 11.9. The molecule has 0 bridgehead atoms. The van der Waals surface area contributed by atoms with E-state index in [-0.39, 0.29) is 60.6 Å². The number of fused-ring (bicyclic) bond motifs is 3. The number of amides is 1. The molecule has 0 aliphatic carbocycles. The van der Waals surface area contributed by atoms with E-state index in [2.05, 4.69) is 64.0 Å². The van der Waals surface area contributed by atoms with Gasteiger partial charge in [-0.05, 0) is 98.9 Å². The summed E-state index contributed by atoms with van der Waals surface area (Å²) in [7, 11) is -0.834. The molecule has 0 N–H and O–H groups in total. The van der Waals surface area contributed by atoms with Crippen molar-refractivity contribution in [1.29, 1.82) is 5.26 Å². The molecule has 10 nitrogen and oxygen atoms in total. The fourth-order valence-corrected chi connectivity index (χ4v) is 16.2. The predicted octanol–water partition coefficient (Wildman–Crippen LogP) is 11.2. The maximum Gasteiger partial charge on any atom is 0.410 e. The van der Waals surface area contributed by atoms with Crippen molar-refractivity contribution in [2.45, 2.75) is 128 Å². The molecule has 3 atom stereocenters. The van der Waals surface area contributed by atoms with Gasteiger partial charge < -0.3 is 28.7 Å². The highest BCUT2D eigenvalue weighted by Gasteiger charge is 2.50. The van der Waals surface area contributed by atoms with Crippen LogP contribution in [0.15, 0.2) is 36.4 Å². The Morgan fingerprint density at radius 1 is 0.969 bits per heavy atom. The first-order valence-electron chi connectivity index (χ1n) is 23.0. The molecule has 0 radical (unpaired) electrons. The summed E-state index contributed by atoms with van der Waals surface area (Å²) >= 11 is 0. The lowest BCUT2D eigenvalue weighted by molar-refractivity contribution is 0.0218. The average molecular weight is 912 g/mol. The molecule has 3 fully saturated rings. The second-order valence-electron chi connectivity index (χ2n) is 20.1. The van der Waals surface area contributed by atoms with Crippen LogP contribution in [0.4, 0.5) is 23.7 Å². The van der Waals surface area contributed by atoms with Crippen LogP contribution in [0.2, 0.25) is 16.6 Å². The van der Waals surface area contributed by atoms with E-state index in [1.165, 1.54) is 13.2 Å². The molecule has 3 aromatic carbocycles. The Bertz CT molecular complexity index is 2540. The molecule has 0 spiro atoms. The SMILES string of the molecule is COCOc1cc(-c2ccc3c(N4CCN(C(=O)OC(C)(C)C)CC4C)c(C#N)c(OC[C@@]45CCCN4C[C@H](F)C5)nc3c2F)c2c(C#C[Si](C(C)C)(C(C)C)C(C)C)c(F)ccc2c1. The van der Waals surface area contributed by atoms with Crippen LogP contribution < -0.4 is 14.4 Å². The van der Waals surface area contributed by atoms with E-state index >= 15 is 8.78 Å². The minimum atomic E-state index is -2.34. The van der Waals surface area contributed by atoms with Crippen LogP contribution in [0.25, 0.3) is 32.8 Å². The Labute approximate surface area is 383 Å². The lowest BCUT2D eigenvalue weighted by Gasteiger charge is -2.42. The maximum atomic E-state index is 18.0. The highest BCUT2D eigenvalue weighted by molar-refractivity contribution is 6.90. The zero-order valence-corrected chi connectivity index (χ0v) is 40.8. The van der Waals surface area contributed by atoms with Crippen molar-refractivity contribution >= 4 is 41.5 Å². The lowest BCUT2D eigenvalue weighted by atomic mass is 9.92. The van der Waals surface area contributed by atoms with E-state index < -0.39 is 43.1 Å². The third kappa shape index (κ3) is 9.11. The topological polar surface area (TPSA) is 100 Å². The van der Waals surface area contributed by atoms with Crippen LogP contribution in [-0.4, -0.2) is 106 Å². The van der Waals surface area contributed by atoms with Crippen LogP contribution in [0.5, 0.6) is 11.6 Å². The fraction of sp³-hybridized carbons (Fsp3) is 0.549. The fourth-order valence-electron chi connectivity index (χ4n) is 11.0. The molecule has 7 rings (SSSR count). The molecule has 4 heterocycles. The molecule has 3 saturated heterocycles. The van der Waals surface area contributed by atoms with Gasteiger partial charge in [-0.2, -0.15) is 5.26 Å². The highest BCUT2D eigenvalue weighted by Crippen LogP contribution is 2.46. The van der Waals surface area contributed by atoms with E-state index in [0.717, 1.165) is 19.4 Å². The minimum absolute atomic E-state index is 0.0601. The van der Waals surface area contributed by atoms with Crippen molar-refractivity contribution in [1.82, 2.24) is 14.8 Å². The third-order valence-corrected chi connectivity index (χ3v) is 20.2. The molecule has 1 amide bonds. The van der Waals surface area contributed by atoms with Crippen molar-refractivity contribution < 1.29 is 36.9 Å². The predicted molar refractivity (Wildman–Crippen MR) is 253 cm³/mol. The molecule has 65 heavy (non-hydrogen) atoms. The number of hydrogen-bond donors (Lipinski definition) is 0. The first-order valence-corrected chi connectivity index (χ1v) is 25.2. The molecule has 14 heteroatoms. The second-order valence-corrected chi connectivity index (χ2v) is 25.7. The first-order chi connectivity index (χ1) is 30.7. The molecule has 1 unspecified atom stereocenters.